The van der Waals surface area contributed by atoms with E-state index >= 15 is 0 Å². The molecule has 0 aliphatic carbocycles. The molecule has 0 atom stereocenters. The van der Waals surface area contributed by atoms with Crippen molar-refractivity contribution in [2.24, 2.45) is 0 Å². The number of rotatable bonds is 2. The van der Waals surface area contributed by atoms with Crippen LogP contribution < -0.4 is 10.6 Å². The third kappa shape index (κ3) is 3.86. The van der Waals surface area contributed by atoms with Crippen molar-refractivity contribution >= 4 is 56.5 Å². The zero-order valence-electron chi connectivity index (χ0n) is 9.58. The Balaban J connectivity index is 2.05. The maximum atomic E-state index is 11.8. The number of para-hydroxylation sites is 1. The largest absolute Gasteiger partial charge is 0.323 e. The molecule has 2 aromatic rings. The fraction of sp³-hybridized carbons (Fsp3) is 0. The van der Waals surface area contributed by atoms with Crippen molar-refractivity contribution in [2.75, 3.05) is 10.6 Å². The van der Waals surface area contributed by atoms with E-state index in [0.29, 0.717) is 21.4 Å². The zero-order chi connectivity index (χ0) is 13.8. The first-order valence-corrected chi connectivity index (χ1v) is 6.89. The standard InChI is InChI=1S/C13H9BrCl2N2O/c14-9-3-1-2-4-12(9)18-13(19)17-8-5-6-10(15)11(16)7-8/h1-7H,(H2,17,18,19). The van der Waals surface area contributed by atoms with E-state index in [4.69, 9.17) is 23.2 Å². The number of carbonyl (C=O) groups excluding carboxylic acids is 1. The molecule has 0 saturated heterocycles. The second-order valence-corrected chi connectivity index (χ2v) is 5.36. The first-order chi connectivity index (χ1) is 9.06. The van der Waals surface area contributed by atoms with E-state index in [1.54, 1.807) is 24.3 Å². The summed E-state index contributed by atoms with van der Waals surface area (Å²) < 4.78 is 0.805. The maximum absolute atomic E-state index is 11.8. The van der Waals surface area contributed by atoms with Gasteiger partial charge in [-0.1, -0.05) is 35.3 Å². The van der Waals surface area contributed by atoms with Crippen LogP contribution in [0.15, 0.2) is 46.9 Å². The molecule has 19 heavy (non-hydrogen) atoms. The molecule has 0 unspecified atom stereocenters. The van der Waals surface area contributed by atoms with Crippen LogP contribution in [0.1, 0.15) is 0 Å². The van der Waals surface area contributed by atoms with Crippen LogP contribution in [0.4, 0.5) is 16.2 Å². The fourth-order valence-corrected chi connectivity index (χ4v) is 2.10. The van der Waals surface area contributed by atoms with Crippen molar-refractivity contribution in [3.05, 3.63) is 57.0 Å². The van der Waals surface area contributed by atoms with Crippen molar-refractivity contribution in [1.82, 2.24) is 0 Å². The molecule has 0 spiro atoms. The fourth-order valence-electron chi connectivity index (χ4n) is 1.42. The molecule has 0 radical (unpaired) electrons. The van der Waals surface area contributed by atoms with E-state index in [1.807, 2.05) is 18.2 Å². The number of benzene rings is 2. The summed E-state index contributed by atoms with van der Waals surface area (Å²) in [6.07, 6.45) is 0. The molecule has 0 aliphatic rings. The average molecular weight is 360 g/mol. The van der Waals surface area contributed by atoms with Crippen LogP contribution in [-0.4, -0.2) is 6.03 Å². The molecule has 0 bridgehead atoms. The molecule has 0 saturated carbocycles. The predicted octanol–water partition coefficient (Wildman–Crippen LogP) is 5.40. The van der Waals surface area contributed by atoms with Crippen LogP contribution in [0.5, 0.6) is 0 Å². The molecule has 2 N–H and O–H groups in total. The van der Waals surface area contributed by atoms with Crippen LogP contribution in [0.25, 0.3) is 0 Å². The van der Waals surface area contributed by atoms with Gasteiger partial charge in [0.2, 0.25) is 0 Å². The third-order valence-corrected chi connectivity index (χ3v) is 3.73. The second kappa shape index (κ2) is 6.28. The Labute approximate surface area is 129 Å². The van der Waals surface area contributed by atoms with Gasteiger partial charge < -0.3 is 10.6 Å². The lowest BCUT2D eigenvalue weighted by Crippen LogP contribution is -2.19. The topological polar surface area (TPSA) is 41.1 Å². The summed E-state index contributed by atoms with van der Waals surface area (Å²) in [7, 11) is 0. The molecule has 0 aliphatic heterocycles. The Bertz CT molecular complexity index is 619. The number of amides is 2. The average Bonchev–Trinajstić information content (AvgIpc) is 2.37. The van der Waals surface area contributed by atoms with Crippen molar-refractivity contribution in [1.29, 1.82) is 0 Å². The lowest BCUT2D eigenvalue weighted by atomic mass is 10.3. The highest BCUT2D eigenvalue weighted by atomic mass is 79.9. The lowest BCUT2D eigenvalue weighted by Gasteiger charge is -2.09. The Morgan fingerprint density at radius 2 is 1.74 bits per heavy atom. The van der Waals surface area contributed by atoms with Crippen molar-refractivity contribution < 1.29 is 4.79 Å². The van der Waals surface area contributed by atoms with Gasteiger partial charge in [0, 0.05) is 10.2 Å². The molecular weight excluding hydrogens is 351 g/mol. The van der Waals surface area contributed by atoms with Crippen LogP contribution in [0, 0.1) is 0 Å². The highest BCUT2D eigenvalue weighted by Gasteiger charge is 2.06. The molecular formula is C13H9BrCl2N2O. The summed E-state index contributed by atoms with van der Waals surface area (Å²) >= 11 is 15.0. The summed E-state index contributed by atoms with van der Waals surface area (Å²) in [6.45, 7) is 0. The normalized spacial score (nSPS) is 10.1. The smallest absolute Gasteiger partial charge is 0.308 e. The van der Waals surface area contributed by atoms with Crippen LogP contribution in [-0.2, 0) is 0 Å². The minimum atomic E-state index is -0.356. The Morgan fingerprint density at radius 1 is 1.00 bits per heavy atom. The summed E-state index contributed by atoms with van der Waals surface area (Å²) in [5.74, 6) is 0. The van der Waals surface area contributed by atoms with E-state index in [2.05, 4.69) is 26.6 Å². The number of halogens is 3. The van der Waals surface area contributed by atoms with Gasteiger partial charge in [-0.05, 0) is 46.3 Å². The SMILES string of the molecule is O=C(Nc1ccc(Cl)c(Cl)c1)Nc1ccccc1Br. The Morgan fingerprint density at radius 3 is 2.42 bits per heavy atom. The monoisotopic (exact) mass is 358 g/mol. The minimum absolute atomic E-state index is 0.356. The van der Waals surface area contributed by atoms with Crippen LogP contribution in [0.3, 0.4) is 0 Å². The number of anilines is 2. The van der Waals surface area contributed by atoms with Gasteiger partial charge in [-0.15, -0.1) is 0 Å². The van der Waals surface area contributed by atoms with Crippen molar-refractivity contribution in [3.63, 3.8) is 0 Å². The van der Waals surface area contributed by atoms with Gasteiger partial charge in [-0.25, -0.2) is 4.79 Å². The van der Waals surface area contributed by atoms with Gasteiger partial charge in [0.1, 0.15) is 0 Å². The first-order valence-electron chi connectivity index (χ1n) is 5.34. The van der Waals surface area contributed by atoms with E-state index in [1.165, 1.54) is 0 Å². The highest BCUT2D eigenvalue weighted by Crippen LogP contribution is 2.25. The van der Waals surface area contributed by atoms with Crippen LogP contribution >= 0.6 is 39.1 Å². The number of urea groups is 1. The highest BCUT2D eigenvalue weighted by molar-refractivity contribution is 9.10. The molecule has 0 aromatic heterocycles. The van der Waals surface area contributed by atoms with E-state index < -0.39 is 0 Å². The Hall–Kier alpha value is -1.23. The molecule has 98 valence electrons. The van der Waals surface area contributed by atoms with Gasteiger partial charge in [-0.2, -0.15) is 0 Å². The summed E-state index contributed by atoms with van der Waals surface area (Å²) in [5, 5.41) is 6.22. The predicted molar refractivity (Wildman–Crippen MR) is 83.2 cm³/mol. The van der Waals surface area contributed by atoms with Crippen molar-refractivity contribution in [2.45, 2.75) is 0 Å². The van der Waals surface area contributed by atoms with E-state index in [9.17, 15) is 4.79 Å². The summed E-state index contributed by atoms with van der Waals surface area (Å²) in [5.41, 5.74) is 1.25. The van der Waals surface area contributed by atoms with E-state index in [0.717, 1.165) is 4.47 Å². The van der Waals surface area contributed by atoms with Gasteiger partial charge >= 0.3 is 6.03 Å². The number of nitrogens with one attached hydrogen (secondary N) is 2. The van der Waals surface area contributed by atoms with E-state index in [-0.39, 0.29) is 6.03 Å². The number of carbonyl (C=O) groups is 1. The van der Waals surface area contributed by atoms with Gasteiger partial charge in [0.05, 0.1) is 15.7 Å². The van der Waals surface area contributed by atoms with Gasteiger partial charge in [0.15, 0.2) is 0 Å². The van der Waals surface area contributed by atoms with Gasteiger partial charge in [-0.3, -0.25) is 0 Å². The minimum Gasteiger partial charge on any atom is -0.308 e. The molecule has 2 rings (SSSR count). The van der Waals surface area contributed by atoms with Crippen LogP contribution in [0.2, 0.25) is 10.0 Å². The molecule has 0 heterocycles. The maximum Gasteiger partial charge on any atom is 0.323 e. The first kappa shape index (κ1) is 14.2. The van der Waals surface area contributed by atoms with Gasteiger partial charge in [0.25, 0.3) is 0 Å². The molecule has 6 heteroatoms. The second-order valence-electron chi connectivity index (χ2n) is 3.69. The lowest BCUT2D eigenvalue weighted by molar-refractivity contribution is 0.262. The molecule has 0 fully saturated rings. The number of hydrogen-bond acceptors (Lipinski definition) is 1. The number of hydrogen-bond donors (Lipinski definition) is 2. The summed E-state index contributed by atoms with van der Waals surface area (Å²) in [4.78, 5) is 11.8. The molecule has 3 nitrogen and oxygen atoms in total. The zero-order valence-corrected chi connectivity index (χ0v) is 12.7. The molecule has 2 aromatic carbocycles. The summed E-state index contributed by atoms with van der Waals surface area (Å²) in [6, 6.07) is 11.9. The molecule has 2 amide bonds. The quantitative estimate of drug-likeness (QED) is 0.740. The third-order valence-electron chi connectivity index (χ3n) is 2.30. The van der Waals surface area contributed by atoms with Crippen molar-refractivity contribution in [3.8, 4) is 0 Å². The Kier molecular flexibility index (Phi) is 4.69.